The summed E-state index contributed by atoms with van der Waals surface area (Å²) in [5, 5.41) is 14.3. The van der Waals surface area contributed by atoms with Crippen molar-refractivity contribution < 1.29 is 23.5 Å². The molecule has 0 radical (unpaired) electrons. The summed E-state index contributed by atoms with van der Waals surface area (Å²) in [6.07, 6.45) is 2.40. The van der Waals surface area contributed by atoms with Crippen molar-refractivity contribution in [2.75, 3.05) is 11.9 Å². The van der Waals surface area contributed by atoms with Crippen LogP contribution in [-0.2, 0) is 11.3 Å². The van der Waals surface area contributed by atoms with Crippen molar-refractivity contribution in [3.05, 3.63) is 81.6 Å². The van der Waals surface area contributed by atoms with E-state index in [0.717, 1.165) is 24.6 Å². The Morgan fingerprint density at radius 3 is 2.44 bits per heavy atom. The van der Waals surface area contributed by atoms with Crippen molar-refractivity contribution in [3.63, 3.8) is 0 Å². The molecule has 3 heterocycles. The van der Waals surface area contributed by atoms with Gasteiger partial charge in [-0.3, -0.25) is 23.7 Å². The number of alkyl halides is 2. The number of nitrogens with one attached hydrogen (secondary N) is 2. The van der Waals surface area contributed by atoms with Gasteiger partial charge in [0, 0.05) is 18.8 Å². The highest BCUT2D eigenvalue weighted by atomic mass is 35.5. The molecule has 1 aliphatic rings. The van der Waals surface area contributed by atoms with E-state index in [1.54, 1.807) is 21.3 Å². The number of nitrogens with zero attached hydrogens (tertiary/aromatic N) is 4. The quantitative estimate of drug-likeness (QED) is 0.286. The van der Waals surface area contributed by atoms with Gasteiger partial charge >= 0.3 is 5.69 Å². The molecule has 3 aromatic heterocycles. The maximum absolute atomic E-state index is 13.6. The minimum absolute atomic E-state index is 0.105. The third kappa shape index (κ3) is 6.13. The molecular weight excluding hydrogens is 558 g/mol. The number of hydrogen-bond acceptors (Lipinski definition) is 6. The zero-order valence-electron chi connectivity index (χ0n) is 21.8. The number of amides is 2. The number of aliphatic hydroxyl groups is 1. The van der Waals surface area contributed by atoms with Crippen molar-refractivity contribution in [1.82, 2.24) is 24.4 Å². The Kier molecular flexibility index (Phi) is 8.41. The largest absolute Gasteiger partial charge is 0.387 e. The van der Waals surface area contributed by atoms with Crippen molar-refractivity contribution in [3.8, 4) is 5.69 Å². The van der Waals surface area contributed by atoms with Crippen molar-refractivity contribution in [1.29, 1.82) is 0 Å². The predicted molar refractivity (Wildman–Crippen MR) is 148 cm³/mol. The summed E-state index contributed by atoms with van der Waals surface area (Å²) in [6.45, 7) is -0.192. The molecule has 1 aromatic carbocycles. The number of benzene rings is 1. The molecule has 13 heteroatoms. The van der Waals surface area contributed by atoms with E-state index in [1.165, 1.54) is 12.3 Å². The van der Waals surface area contributed by atoms with Gasteiger partial charge in [-0.1, -0.05) is 23.7 Å². The lowest BCUT2D eigenvalue weighted by Gasteiger charge is -2.29. The van der Waals surface area contributed by atoms with Crippen LogP contribution in [0.25, 0.3) is 16.7 Å². The SMILES string of the molecule is O=C(CO)Nc1ccc(-n2c(=O)n(CC3CCC(NC(=O)c4cc(Cl)cnc4C(F)F)CC3)c3ccccc32)cn1. The molecule has 1 saturated carbocycles. The number of hydrogen-bond donors (Lipinski definition) is 3. The molecule has 3 N–H and O–H groups in total. The second kappa shape index (κ2) is 12.1. The minimum Gasteiger partial charge on any atom is -0.387 e. The first-order chi connectivity index (χ1) is 19.7. The number of para-hydroxylation sites is 2. The van der Waals surface area contributed by atoms with Crippen LogP contribution in [0.3, 0.4) is 0 Å². The number of rotatable bonds is 8. The van der Waals surface area contributed by atoms with Crippen LogP contribution in [0.15, 0.2) is 59.7 Å². The summed E-state index contributed by atoms with van der Waals surface area (Å²) in [4.78, 5) is 45.6. The first kappa shape index (κ1) is 28.4. The summed E-state index contributed by atoms with van der Waals surface area (Å²) in [6, 6.07) is 11.7. The molecule has 41 heavy (non-hydrogen) atoms. The number of aliphatic hydroxyl groups excluding tert-OH is 1. The first-order valence-electron chi connectivity index (χ1n) is 13.1. The van der Waals surface area contributed by atoms with Crippen molar-refractivity contribution in [2.24, 2.45) is 5.92 Å². The number of fused-ring (bicyclic) bond motifs is 1. The van der Waals surface area contributed by atoms with Gasteiger partial charge in [-0.25, -0.2) is 18.6 Å². The molecule has 1 fully saturated rings. The fourth-order valence-electron chi connectivity index (χ4n) is 5.23. The highest BCUT2D eigenvalue weighted by molar-refractivity contribution is 6.30. The van der Waals surface area contributed by atoms with E-state index in [2.05, 4.69) is 20.6 Å². The molecule has 0 atom stereocenters. The van der Waals surface area contributed by atoms with E-state index < -0.39 is 30.5 Å². The third-order valence-electron chi connectivity index (χ3n) is 7.21. The third-order valence-corrected chi connectivity index (χ3v) is 7.42. The van der Waals surface area contributed by atoms with Crippen LogP contribution in [0.1, 0.15) is 48.2 Å². The van der Waals surface area contributed by atoms with Crippen molar-refractivity contribution >= 4 is 40.3 Å². The van der Waals surface area contributed by atoms with Gasteiger partial charge in [0.25, 0.3) is 18.2 Å². The van der Waals surface area contributed by atoms with Gasteiger partial charge in [-0.15, -0.1) is 0 Å². The monoisotopic (exact) mass is 584 g/mol. The summed E-state index contributed by atoms with van der Waals surface area (Å²) < 4.78 is 30.0. The molecule has 214 valence electrons. The van der Waals surface area contributed by atoms with Crippen LogP contribution in [-0.4, -0.2) is 48.7 Å². The zero-order valence-corrected chi connectivity index (χ0v) is 22.5. The van der Waals surface area contributed by atoms with Gasteiger partial charge in [0.15, 0.2) is 0 Å². The van der Waals surface area contributed by atoms with E-state index in [9.17, 15) is 23.2 Å². The Labute approximate surface area is 238 Å². The molecule has 4 aromatic rings. The number of anilines is 1. The Morgan fingerprint density at radius 2 is 1.78 bits per heavy atom. The average molecular weight is 585 g/mol. The lowest BCUT2D eigenvalue weighted by Crippen LogP contribution is -2.39. The molecule has 0 bridgehead atoms. The second-order valence-electron chi connectivity index (χ2n) is 9.90. The van der Waals surface area contributed by atoms with Gasteiger partial charge in [0.2, 0.25) is 0 Å². The molecule has 0 saturated heterocycles. The highest BCUT2D eigenvalue weighted by Crippen LogP contribution is 2.29. The maximum Gasteiger partial charge on any atom is 0.333 e. The smallest absolute Gasteiger partial charge is 0.333 e. The van der Waals surface area contributed by atoms with E-state index in [1.807, 2.05) is 24.3 Å². The number of pyridine rings is 2. The normalized spacial score (nSPS) is 17.1. The molecule has 5 rings (SSSR count). The van der Waals surface area contributed by atoms with Gasteiger partial charge in [-0.2, -0.15) is 0 Å². The summed E-state index contributed by atoms with van der Waals surface area (Å²) in [5.41, 5.74) is 0.930. The predicted octanol–water partition coefficient (Wildman–Crippen LogP) is 4.09. The Bertz CT molecular complexity index is 1630. The van der Waals surface area contributed by atoms with E-state index in [4.69, 9.17) is 16.7 Å². The van der Waals surface area contributed by atoms with Crippen LogP contribution in [0.4, 0.5) is 14.6 Å². The molecule has 2 amide bonds. The van der Waals surface area contributed by atoms with Crippen LogP contribution in [0.5, 0.6) is 0 Å². The topological polar surface area (TPSA) is 131 Å². The highest BCUT2D eigenvalue weighted by Gasteiger charge is 2.27. The Morgan fingerprint density at radius 1 is 1.05 bits per heavy atom. The molecule has 1 aliphatic carbocycles. The molecule has 0 spiro atoms. The zero-order chi connectivity index (χ0) is 29.1. The molecule has 10 nitrogen and oxygen atoms in total. The van der Waals surface area contributed by atoms with E-state index in [0.29, 0.717) is 30.6 Å². The molecule has 0 aliphatic heterocycles. The van der Waals surface area contributed by atoms with Gasteiger partial charge in [-0.05, 0) is 61.9 Å². The van der Waals surface area contributed by atoms with Crippen LogP contribution < -0.4 is 16.3 Å². The number of imidazole rings is 1. The van der Waals surface area contributed by atoms with E-state index >= 15 is 0 Å². The second-order valence-corrected chi connectivity index (χ2v) is 10.3. The van der Waals surface area contributed by atoms with Crippen LogP contribution in [0, 0.1) is 5.92 Å². The van der Waals surface area contributed by atoms with Crippen LogP contribution in [0.2, 0.25) is 5.02 Å². The Hall–Kier alpha value is -4.16. The fraction of sp³-hybridized carbons (Fsp3) is 0.321. The number of carbonyl (C=O) groups is 2. The van der Waals surface area contributed by atoms with E-state index in [-0.39, 0.29) is 34.1 Å². The summed E-state index contributed by atoms with van der Waals surface area (Å²) in [5.74, 6) is -0.800. The molecular formula is C28H27ClF2N6O4. The van der Waals surface area contributed by atoms with Crippen LogP contribution >= 0.6 is 11.6 Å². The standard InChI is InChI=1S/C28H27ClF2N6O4/c29-17-11-20(25(26(30)31)33-12-17)27(40)34-18-7-5-16(6-8-18)14-36-21-3-1-2-4-22(21)37(28(36)41)19-9-10-23(32-13-19)35-24(39)15-38/h1-4,9-13,16,18,26,38H,5-8,14-15H2,(H,34,40)(H,32,35,39). The number of carbonyl (C=O) groups excluding carboxylic acids is 2. The number of aromatic nitrogens is 4. The lowest BCUT2D eigenvalue weighted by molar-refractivity contribution is -0.118. The number of halogens is 3. The Balaban J connectivity index is 1.29. The summed E-state index contributed by atoms with van der Waals surface area (Å²) in [7, 11) is 0. The minimum atomic E-state index is -2.90. The fourth-order valence-corrected chi connectivity index (χ4v) is 5.38. The average Bonchev–Trinajstić information content (AvgIpc) is 3.25. The summed E-state index contributed by atoms with van der Waals surface area (Å²) >= 11 is 5.89. The lowest BCUT2D eigenvalue weighted by atomic mass is 9.85. The van der Waals surface area contributed by atoms with Gasteiger partial charge < -0.3 is 15.7 Å². The first-order valence-corrected chi connectivity index (χ1v) is 13.4. The maximum atomic E-state index is 13.6. The van der Waals surface area contributed by atoms with Crippen molar-refractivity contribution in [2.45, 2.75) is 44.7 Å². The molecule has 0 unspecified atom stereocenters. The van der Waals surface area contributed by atoms with Gasteiger partial charge in [0.1, 0.15) is 18.1 Å². The van der Waals surface area contributed by atoms with Gasteiger partial charge in [0.05, 0.1) is 33.5 Å².